The molecule has 106 valence electrons. The molecular weight excluding hydrogens is 321 g/mol. The van der Waals surface area contributed by atoms with Crippen LogP contribution in [0.2, 0.25) is 0 Å². The SMILES string of the molecule is C[C@@H](O)c1c(F)cccc1N(C)Cc1ccc(Br)cc1. The van der Waals surface area contributed by atoms with Crippen LogP contribution in [-0.4, -0.2) is 12.2 Å². The normalized spacial score (nSPS) is 12.2. The van der Waals surface area contributed by atoms with Crippen molar-refractivity contribution in [3.05, 3.63) is 63.9 Å². The molecule has 1 atom stereocenters. The first-order chi connectivity index (χ1) is 9.49. The lowest BCUT2D eigenvalue weighted by Gasteiger charge is -2.24. The molecule has 0 spiro atoms. The number of halogens is 2. The first kappa shape index (κ1) is 15.0. The second-order valence-corrected chi connectivity index (χ2v) is 5.75. The number of hydrogen-bond donors (Lipinski definition) is 1. The fourth-order valence-electron chi connectivity index (χ4n) is 2.22. The lowest BCUT2D eigenvalue weighted by atomic mass is 10.1. The Bertz CT molecular complexity index is 584. The molecule has 20 heavy (non-hydrogen) atoms. The maximum atomic E-state index is 13.9. The van der Waals surface area contributed by atoms with E-state index < -0.39 is 6.10 Å². The van der Waals surface area contributed by atoms with E-state index in [-0.39, 0.29) is 5.82 Å². The van der Waals surface area contributed by atoms with Gasteiger partial charge in [-0.2, -0.15) is 0 Å². The molecule has 0 aliphatic rings. The minimum Gasteiger partial charge on any atom is -0.389 e. The van der Waals surface area contributed by atoms with E-state index >= 15 is 0 Å². The standard InChI is InChI=1S/C16H17BrFNO/c1-11(20)16-14(18)4-3-5-15(16)19(2)10-12-6-8-13(17)9-7-12/h3-9,11,20H,10H2,1-2H3/t11-/m1/s1. The number of anilines is 1. The van der Waals surface area contributed by atoms with Gasteiger partial charge in [-0.15, -0.1) is 0 Å². The van der Waals surface area contributed by atoms with Crippen LogP contribution in [0.3, 0.4) is 0 Å². The Hall–Kier alpha value is -1.39. The molecule has 0 aliphatic heterocycles. The molecule has 0 heterocycles. The van der Waals surface area contributed by atoms with Crippen LogP contribution < -0.4 is 4.90 Å². The molecular formula is C16H17BrFNO. The van der Waals surface area contributed by atoms with Crippen LogP contribution in [0.5, 0.6) is 0 Å². The summed E-state index contributed by atoms with van der Waals surface area (Å²) < 4.78 is 14.9. The summed E-state index contributed by atoms with van der Waals surface area (Å²) in [6.07, 6.45) is -0.835. The van der Waals surface area contributed by atoms with Gasteiger partial charge in [0.15, 0.2) is 0 Å². The maximum Gasteiger partial charge on any atom is 0.131 e. The van der Waals surface area contributed by atoms with Crippen molar-refractivity contribution in [1.29, 1.82) is 0 Å². The molecule has 2 aromatic rings. The van der Waals surface area contributed by atoms with E-state index in [1.165, 1.54) is 6.07 Å². The Morgan fingerprint density at radius 2 is 1.85 bits per heavy atom. The number of rotatable bonds is 4. The second-order valence-electron chi connectivity index (χ2n) is 4.83. The number of aliphatic hydroxyl groups excluding tert-OH is 1. The largest absolute Gasteiger partial charge is 0.389 e. The summed E-state index contributed by atoms with van der Waals surface area (Å²) in [6, 6.07) is 12.8. The Morgan fingerprint density at radius 3 is 2.45 bits per heavy atom. The summed E-state index contributed by atoms with van der Waals surface area (Å²) in [5.41, 5.74) is 2.17. The molecule has 0 aromatic heterocycles. The van der Waals surface area contributed by atoms with Gasteiger partial charge in [0.2, 0.25) is 0 Å². The van der Waals surface area contributed by atoms with Gasteiger partial charge in [0.05, 0.1) is 6.10 Å². The molecule has 0 saturated carbocycles. The maximum absolute atomic E-state index is 13.9. The summed E-state index contributed by atoms with van der Waals surface area (Å²) in [7, 11) is 1.89. The molecule has 2 nitrogen and oxygen atoms in total. The van der Waals surface area contributed by atoms with Gasteiger partial charge in [-0.25, -0.2) is 4.39 Å². The smallest absolute Gasteiger partial charge is 0.131 e. The zero-order valence-corrected chi connectivity index (χ0v) is 13.1. The van der Waals surface area contributed by atoms with Crippen molar-refractivity contribution in [3.8, 4) is 0 Å². The fourth-order valence-corrected chi connectivity index (χ4v) is 2.49. The molecule has 4 heteroatoms. The van der Waals surface area contributed by atoms with Gasteiger partial charge >= 0.3 is 0 Å². The lowest BCUT2D eigenvalue weighted by Crippen LogP contribution is -2.19. The second kappa shape index (κ2) is 6.37. The molecule has 2 rings (SSSR count). The summed E-state index contributed by atoms with van der Waals surface area (Å²) in [6.45, 7) is 2.23. The van der Waals surface area contributed by atoms with Crippen molar-refractivity contribution in [2.45, 2.75) is 19.6 Å². The van der Waals surface area contributed by atoms with Crippen molar-refractivity contribution in [2.75, 3.05) is 11.9 Å². The molecule has 0 radical (unpaired) electrons. The summed E-state index contributed by atoms with van der Waals surface area (Å²) in [5, 5.41) is 9.76. The molecule has 2 aromatic carbocycles. The van der Waals surface area contributed by atoms with Crippen LogP contribution in [-0.2, 0) is 6.54 Å². The van der Waals surface area contributed by atoms with E-state index in [0.717, 1.165) is 10.0 Å². The molecule has 0 unspecified atom stereocenters. The van der Waals surface area contributed by atoms with Crippen LogP contribution >= 0.6 is 15.9 Å². The van der Waals surface area contributed by atoms with Crippen LogP contribution in [0.1, 0.15) is 24.2 Å². The van der Waals surface area contributed by atoms with Gasteiger partial charge in [-0.3, -0.25) is 0 Å². The Labute approximate surface area is 127 Å². The van der Waals surface area contributed by atoms with E-state index in [2.05, 4.69) is 15.9 Å². The Morgan fingerprint density at radius 1 is 1.20 bits per heavy atom. The summed E-state index contributed by atoms with van der Waals surface area (Å²) in [4.78, 5) is 1.94. The number of hydrogen-bond acceptors (Lipinski definition) is 2. The van der Waals surface area contributed by atoms with Gasteiger partial charge in [0.25, 0.3) is 0 Å². The van der Waals surface area contributed by atoms with Gasteiger partial charge in [0, 0.05) is 29.3 Å². The predicted octanol–water partition coefficient (Wildman–Crippen LogP) is 4.28. The van der Waals surface area contributed by atoms with Crippen LogP contribution in [0.25, 0.3) is 0 Å². The van der Waals surface area contributed by atoms with Crippen molar-refractivity contribution in [3.63, 3.8) is 0 Å². The highest BCUT2D eigenvalue weighted by molar-refractivity contribution is 9.10. The minimum atomic E-state index is -0.835. The number of nitrogens with zero attached hydrogens (tertiary/aromatic N) is 1. The van der Waals surface area contributed by atoms with Crippen molar-refractivity contribution in [1.82, 2.24) is 0 Å². The Balaban J connectivity index is 2.27. The first-order valence-corrected chi connectivity index (χ1v) is 7.20. The number of benzene rings is 2. The average Bonchev–Trinajstić information content (AvgIpc) is 2.40. The fraction of sp³-hybridized carbons (Fsp3) is 0.250. The highest BCUT2D eigenvalue weighted by Gasteiger charge is 2.16. The summed E-state index contributed by atoms with van der Waals surface area (Å²) >= 11 is 3.40. The van der Waals surface area contributed by atoms with Crippen LogP contribution in [0, 0.1) is 5.82 Å². The monoisotopic (exact) mass is 337 g/mol. The van der Waals surface area contributed by atoms with Gasteiger partial charge < -0.3 is 10.0 Å². The third kappa shape index (κ3) is 3.38. The minimum absolute atomic E-state index is 0.340. The predicted molar refractivity (Wildman–Crippen MR) is 83.3 cm³/mol. The Kier molecular flexibility index (Phi) is 4.78. The highest BCUT2D eigenvalue weighted by atomic mass is 79.9. The van der Waals surface area contributed by atoms with E-state index in [4.69, 9.17) is 0 Å². The van der Waals surface area contributed by atoms with E-state index in [9.17, 15) is 9.50 Å². The van der Waals surface area contributed by atoms with Gasteiger partial charge in [0.1, 0.15) is 5.82 Å². The van der Waals surface area contributed by atoms with E-state index in [0.29, 0.717) is 17.8 Å². The third-order valence-corrected chi connectivity index (χ3v) is 3.72. The third-order valence-electron chi connectivity index (χ3n) is 3.19. The van der Waals surface area contributed by atoms with E-state index in [1.807, 2.05) is 42.3 Å². The molecule has 0 saturated heterocycles. The molecule has 0 aliphatic carbocycles. The van der Waals surface area contributed by atoms with Crippen LogP contribution in [0.15, 0.2) is 46.9 Å². The zero-order chi connectivity index (χ0) is 14.7. The van der Waals surface area contributed by atoms with Crippen molar-refractivity contribution < 1.29 is 9.50 Å². The van der Waals surface area contributed by atoms with Gasteiger partial charge in [-0.1, -0.05) is 34.1 Å². The van der Waals surface area contributed by atoms with Gasteiger partial charge in [-0.05, 0) is 36.8 Å². The number of aliphatic hydroxyl groups is 1. The molecule has 0 fully saturated rings. The molecule has 1 N–H and O–H groups in total. The zero-order valence-electron chi connectivity index (χ0n) is 11.5. The van der Waals surface area contributed by atoms with Crippen molar-refractivity contribution in [2.24, 2.45) is 0 Å². The molecule has 0 bridgehead atoms. The van der Waals surface area contributed by atoms with Crippen molar-refractivity contribution >= 4 is 21.6 Å². The quantitative estimate of drug-likeness (QED) is 0.900. The highest BCUT2D eigenvalue weighted by Crippen LogP contribution is 2.29. The topological polar surface area (TPSA) is 23.5 Å². The summed E-state index contributed by atoms with van der Waals surface area (Å²) in [5.74, 6) is -0.375. The van der Waals surface area contributed by atoms with E-state index in [1.54, 1.807) is 13.0 Å². The molecule has 0 amide bonds. The lowest BCUT2D eigenvalue weighted by molar-refractivity contribution is 0.194. The average molecular weight is 338 g/mol. The van der Waals surface area contributed by atoms with Crippen LogP contribution in [0.4, 0.5) is 10.1 Å². The first-order valence-electron chi connectivity index (χ1n) is 6.41.